The molecule has 0 aliphatic carbocycles. The molecule has 1 aliphatic heterocycles. The van der Waals surface area contributed by atoms with Gasteiger partial charge in [0.1, 0.15) is 17.9 Å². The standard InChI is InChI=1S/C24H22F2N4O2/c1-17-15-29(11-12-30(17)24(31)10-7-18-5-3-2-4-6-18)22-14-23(28-16-27-22)32-19-8-9-20(25)21(26)13-19/h2-10,13-14,16-17H,11-12,15H2,1H3/b10-7+. The molecule has 1 unspecified atom stereocenters. The van der Waals surface area contributed by atoms with Gasteiger partial charge >= 0.3 is 0 Å². The normalized spacial score (nSPS) is 16.4. The summed E-state index contributed by atoms with van der Waals surface area (Å²) in [5.74, 6) is -0.976. The van der Waals surface area contributed by atoms with E-state index in [-0.39, 0.29) is 23.6 Å². The number of hydrogen-bond acceptors (Lipinski definition) is 5. The minimum absolute atomic E-state index is 0.0257. The number of halogens is 2. The fourth-order valence-corrected chi connectivity index (χ4v) is 3.54. The van der Waals surface area contributed by atoms with E-state index >= 15 is 0 Å². The number of hydrogen-bond donors (Lipinski definition) is 0. The van der Waals surface area contributed by atoms with E-state index in [9.17, 15) is 13.6 Å². The van der Waals surface area contributed by atoms with Gasteiger partial charge < -0.3 is 14.5 Å². The lowest BCUT2D eigenvalue weighted by Crippen LogP contribution is -2.54. The molecule has 4 rings (SSSR count). The van der Waals surface area contributed by atoms with Crippen molar-refractivity contribution >= 4 is 17.8 Å². The summed E-state index contributed by atoms with van der Waals surface area (Å²) in [5, 5.41) is 0. The summed E-state index contributed by atoms with van der Waals surface area (Å²) in [5.41, 5.74) is 0.974. The van der Waals surface area contributed by atoms with Gasteiger partial charge in [-0.25, -0.2) is 18.7 Å². The van der Waals surface area contributed by atoms with Crippen molar-refractivity contribution in [3.8, 4) is 11.6 Å². The Balaban J connectivity index is 1.39. The molecule has 2 aromatic carbocycles. The van der Waals surface area contributed by atoms with Gasteiger partial charge in [0.2, 0.25) is 11.8 Å². The topological polar surface area (TPSA) is 58.6 Å². The number of anilines is 1. The summed E-state index contributed by atoms with van der Waals surface area (Å²) in [4.78, 5) is 24.9. The van der Waals surface area contributed by atoms with Crippen molar-refractivity contribution in [1.29, 1.82) is 0 Å². The fraction of sp³-hybridized carbons (Fsp3) is 0.208. The van der Waals surface area contributed by atoms with E-state index in [1.54, 1.807) is 12.1 Å². The first-order valence-corrected chi connectivity index (χ1v) is 10.2. The summed E-state index contributed by atoms with van der Waals surface area (Å²) in [6, 6.07) is 14.6. The van der Waals surface area contributed by atoms with Crippen molar-refractivity contribution in [2.75, 3.05) is 24.5 Å². The summed E-state index contributed by atoms with van der Waals surface area (Å²) in [6.45, 7) is 3.71. The first-order valence-electron chi connectivity index (χ1n) is 10.2. The van der Waals surface area contributed by atoms with Crippen LogP contribution in [-0.4, -0.2) is 46.5 Å². The molecule has 0 bridgehead atoms. The molecular weight excluding hydrogens is 414 g/mol. The van der Waals surface area contributed by atoms with Crippen molar-refractivity contribution < 1.29 is 18.3 Å². The second-order valence-electron chi connectivity index (χ2n) is 7.46. The Hall–Kier alpha value is -3.81. The molecule has 0 saturated carbocycles. The number of carbonyl (C=O) groups excluding carboxylic acids is 1. The van der Waals surface area contributed by atoms with E-state index in [1.807, 2.05) is 53.1 Å². The molecule has 3 aromatic rings. The predicted octanol–water partition coefficient (Wildman–Crippen LogP) is 4.30. The van der Waals surface area contributed by atoms with E-state index in [2.05, 4.69) is 9.97 Å². The lowest BCUT2D eigenvalue weighted by Gasteiger charge is -2.40. The average molecular weight is 436 g/mol. The van der Waals surface area contributed by atoms with Crippen LogP contribution >= 0.6 is 0 Å². The summed E-state index contributed by atoms with van der Waals surface area (Å²) >= 11 is 0. The van der Waals surface area contributed by atoms with Crippen LogP contribution in [0.4, 0.5) is 14.6 Å². The van der Waals surface area contributed by atoms with Crippen LogP contribution in [0.2, 0.25) is 0 Å². The van der Waals surface area contributed by atoms with Crippen molar-refractivity contribution in [1.82, 2.24) is 14.9 Å². The molecule has 0 spiro atoms. The van der Waals surface area contributed by atoms with Gasteiger partial charge in [0.15, 0.2) is 11.6 Å². The molecular formula is C24H22F2N4O2. The van der Waals surface area contributed by atoms with Gasteiger partial charge in [0.25, 0.3) is 0 Å². The van der Waals surface area contributed by atoms with Crippen LogP contribution in [0.3, 0.4) is 0 Å². The van der Waals surface area contributed by atoms with Gasteiger partial charge in [-0.15, -0.1) is 0 Å². The molecule has 1 aliphatic rings. The van der Waals surface area contributed by atoms with Crippen LogP contribution in [-0.2, 0) is 4.79 Å². The maximum absolute atomic E-state index is 13.4. The van der Waals surface area contributed by atoms with Gasteiger partial charge in [0.05, 0.1) is 0 Å². The Kier molecular flexibility index (Phi) is 6.39. The van der Waals surface area contributed by atoms with Gasteiger partial charge in [-0.2, -0.15) is 0 Å². The molecule has 6 nitrogen and oxygen atoms in total. The minimum Gasteiger partial charge on any atom is -0.439 e. The van der Waals surface area contributed by atoms with Gasteiger partial charge in [-0.05, 0) is 30.7 Å². The third kappa shape index (κ3) is 5.08. The Morgan fingerprint density at radius 1 is 1.06 bits per heavy atom. The maximum Gasteiger partial charge on any atom is 0.246 e. The van der Waals surface area contributed by atoms with Crippen molar-refractivity contribution in [2.24, 2.45) is 0 Å². The maximum atomic E-state index is 13.4. The highest BCUT2D eigenvalue weighted by Gasteiger charge is 2.27. The predicted molar refractivity (Wildman–Crippen MR) is 117 cm³/mol. The van der Waals surface area contributed by atoms with E-state index in [4.69, 9.17) is 4.74 Å². The number of piperazine rings is 1. The van der Waals surface area contributed by atoms with E-state index < -0.39 is 11.6 Å². The summed E-state index contributed by atoms with van der Waals surface area (Å²) in [7, 11) is 0. The van der Waals surface area contributed by atoms with Gasteiger partial charge in [0, 0.05) is 43.9 Å². The Morgan fingerprint density at radius 2 is 1.88 bits per heavy atom. The quantitative estimate of drug-likeness (QED) is 0.559. The highest BCUT2D eigenvalue weighted by atomic mass is 19.2. The first-order chi connectivity index (χ1) is 15.5. The third-order valence-corrected chi connectivity index (χ3v) is 5.19. The van der Waals surface area contributed by atoms with Gasteiger partial charge in [-0.3, -0.25) is 4.79 Å². The lowest BCUT2D eigenvalue weighted by atomic mass is 10.1. The number of amides is 1. The van der Waals surface area contributed by atoms with Crippen LogP contribution in [0.5, 0.6) is 11.6 Å². The first kappa shape index (κ1) is 21.4. The van der Waals surface area contributed by atoms with Crippen molar-refractivity contribution in [2.45, 2.75) is 13.0 Å². The number of nitrogens with zero attached hydrogens (tertiary/aromatic N) is 4. The fourth-order valence-electron chi connectivity index (χ4n) is 3.54. The molecule has 1 fully saturated rings. The molecule has 164 valence electrons. The van der Waals surface area contributed by atoms with Crippen molar-refractivity contribution in [3.63, 3.8) is 0 Å². The van der Waals surface area contributed by atoms with Crippen LogP contribution in [0, 0.1) is 11.6 Å². The molecule has 1 atom stereocenters. The van der Waals surface area contributed by atoms with E-state index in [0.29, 0.717) is 25.5 Å². The number of benzene rings is 2. The number of rotatable bonds is 5. The second-order valence-corrected chi connectivity index (χ2v) is 7.46. The Bertz CT molecular complexity index is 1120. The Labute approximate surface area is 184 Å². The summed E-state index contributed by atoms with van der Waals surface area (Å²) in [6.07, 6.45) is 4.77. The lowest BCUT2D eigenvalue weighted by molar-refractivity contribution is -0.128. The molecule has 1 aromatic heterocycles. The highest BCUT2D eigenvalue weighted by Crippen LogP contribution is 2.25. The number of carbonyl (C=O) groups is 1. The molecule has 1 saturated heterocycles. The molecule has 0 N–H and O–H groups in total. The van der Waals surface area contributed by atoms with E-state index in [0.717, 1.165) is 17.7 Å². The molecule has 8 heteroatoms. The van der Waals surface area contributed by atoms with Crippen LogP contribution < -0.4 is 9.64 Å². The zero-order chi connectivity index (χ0) is 22.5. The second kappa shape index (κ2) is 9.55. The largest absolute Gasteiger partial charge is 0.439 e. The SMILES string of the molecule is CC1CN(c2cc(Oc3ccc(F)c(F)c3)ncn2)CCN1C(=O)/C=C/c1ccccc1. The zero-order valence-corrected chi connectivity index (χ0v) is 17.5. The molecule has 2 heterocycles. The van der Waals surface area contributed by atoms with Crippen molar-refractivity contribution in [3.05, 3.63) is 84.2 Å². The average Bonchev–Trinajstić information content (AvgIpc) is 2.81. The summed E-state index contributed by atoms with van der Waals surface area (Å²) < 4.78 is 32.1. The van der Waals surface area contributed by atoms with Crippen LogP contribution in [0.25, 0.3) is 6.08 Å². The zero-order valence-electron chi connectivity index (χ0n) is 17.5. The molecule has 32 heavy (non-hydrogen) atoms. The monoisotopic (exact) mass is 436 g/mol. The van der Waals surface area contributed by atoms with Crippen LogP contribution in [0.1, 0.15) is 12.5 Å². The third-order valence-electron chi connectivity index (χ3n) is 5.19. The smallest absolute Gasteiger partial charge is 0.246 e. The highest BCUT2D eigenvalue weighted by molar-refractivity contribution is 5.92. The minimum atomic E-state index is -0.993. The molecule has 1 amide bonds. The van der Waals surface area contributed by atoms with Crippen LogP contribution in [0.15, 0.2) is 67.0 Å². The Morgan fingerprint density at radius 3 is 2.62 bits per heavy atom. The number of ether oxygens (including phenoxy) is 1. The molecule has 0 radical (unpaired) electrons. The van der Waals surface area contributed by atoms with E-state index in [1.165, 1.54) is 12.4 Å². The number of aromatic nitrogens is 2. The van der Waals surface area contributed by atoms with Gasteiger partial charge in [-0.1, -0.05) is 30.3 Å².